The molecule has 0 saturated heterocycles. The Morgan fingerprint density at radius 1 is 1.18 bits per heavy atom. The number of carbonyl (C=O) groups is 1. The molecule has 1 aromatic carbocycles. The Balaban J connectivity index is 1.73. The molecule has 1 atom stereocenters. The van der Waals surface area contributed by atoms with Crippen LogP contribution in [0.3, 0.4) is 0 Å². The highest BCUT2D eigenvalue weighted by Crippen LogP contribution is 2.39. The molecule has 0 radical (unpaired) electrons. The number of rotatable bonds is 5. The van der Waals surface area contributed by atoms with E-state index in [0.717, 1.165) is 47.1 Å². The number of pyridine rings is 2. The summed E-state index contributed by atoms with van der Waals surface area (Å²) in [5.74, 6) is -0.703. The third-order valence-electron chi connectivity index (χ3n) is 7.06. The molecule has 0 aliphatic carbocycles. The van der Waals surface area contributed by atoms with Crippen LogP contribution in [0.5, 0.6) is 0 Å². The second-order valence-electron chi connectivity index (χ2n) is 9.29. The summed E-state index contributed by atoms with van der Waals surface area (Å²) in [4.78, 5) is 33.0. The second kappa shape index (κ2) is 7.78. The zero-order valence-corrected chi connectivity index (χ0v) is 19.6. The molecule has 0 spiro atoms. The minimum Gasteiger partial charge on any atom is -0.458 e. The average Bonchev–Trinajstić information content (AvgIpc) is 3.17. The van der Waals surface area contributed by atoms with E-state index >= 15 is 0 Å². The van der Waals surface area contributed by atoms with E-state index in [1.165, 1.54) is 5.56 Å². The van der Waals surface area contributed by atoms with Crippen molar-refractivity contribution in [2.75, 3.05) is 20.6 Å². The Morgan fingerprint density at radius 3 is 2.64 bits per heavy atom. The molecule has 7 nitrogen and oxygen atoms in total. The molecule has 2 aromatic heterocycles. The number of hydrogen-bond donors (Lipinski definition) is 1. The van der Waals surface area contributed by atoms with Gasteiger partial charge in [0.15, 0.2) is 5.60 Å². The lowest BCUT2D eigenvalue weighted by atomic mass is 9.86. The first-order chi connectivity index (χ1) is 15.8. The number of aromatic nitrogens is 2. The van der Waals surface area contributed by atoms with Gasteiger partial charge in [-0.15, -0.1) is 0 Å². The van der Waals surface area contributed by atoms with E-state index in [1.807, 2.05) is 0 Å². The number of ether oxygens (including phenoxy) is 1. The summed E-state index contributed by atoms with van der Waals surface area (Å²) < 4.78 is 6.85. The van der Waals surface area contributed by atoms with E-state index < -0.39 is 11.6 Å². The van der Waals surface area contributed by atoms with Crippen molar-refractivity contribution < 1.29 is 14.6 Å². The van der Waals surface area contributed by atoms with Crippen molar-refractivity contribution in [3.05, 3.63) is 62.4 Å². The molecule has 2 aliphatic heterocycles. The largest absolute Gasteiger partial charge is 0.458 e. The van der Waals surface area contributed by atoms with E-state index in [-0.39, 0.29) is 18.6 Å². The van der Waals surface area contributed by atoms with Crippen molar-refractivity contribution in [1.29, 1.82) is 0 Å². The van der Waals surface area contributed by atoms with Gasteiger partial charge in [-0.3, -0.25) is 4.79 Å². The molecule has 5 rings (SSSR count). The van der Waals surface area contributed by atoms with Crippen LogP contribution in [0.1, 0.15) is 48.1 Å². The highest BCUT2D eigenvalue weighted by molar-refractivity contribution is 5.90. The van der Waals surface area contributed by atoms with Gasteiger partial charge in [-0.05, 0) is 56.6 Å². The predicted octanol–water partition coefficient (Wildman–Crippen LogP) is 2.75. The smallest absolute Gasteiger partial charge is 0.343 e. The Morgan fingerprint density at radius 2 is 1.94 bits per heavy atom. The fraction of sp³-hybridized carbons (Fsp3) is 0.423. The highest BCUT2D eigenvalue weighted by atomic mass is 16.6. The third kappa shape index (κ3) is 3.21. The van der Waals surface area contributed by atoms with Crippen LogP contribution < -0.4 is 5.56 Å². The van der Waals surface area contributed by atoms with Gasteiger partial charge >= 0.3 is 5.97 Å². The molecule has 7 heteroatoms. The van der Waals surface area contributed by atoms with Crippen LogP contribution in [0.15, 0.2) is 29.1 Å². The van der Waals surface area contributed by atoms with Gasteiger partial charge in [0.1, 0.15) is 6.61 Å². The molecule has 1 N–H and O–H groups in total. The molecule has 33 heavy (non-hydrogen) atoms. The number of fused-ring (bicyclic) bond motifs is 5. The Bertz CT molecular complexity index is 1360. The van der Waals surface area contributed by atoms with Crippen LogP contribution in [0.2, 0.25) is 0 Å². The number of nitrogens with zero attached hydrogens (tertiary/aromatic N) is 3. The number of esters is 1. The molecule has 0 fully saturated rings. The summed E-state index contributed by atoms with van der Waals surface area (Å²) in [6.07, 6.45) is 1.90. The molecule has 0 amide bonds. The van der Waals surface area contributed by atoms with Gasteiger partial charge in [-0.1, -0.05) is 26.0 Å². The lowest BCUT2D eigenvalue weighted by Crippen LogP contribution is -2.44. The summed E-state index contributed by atoms with van der Waals surface area (Å²) >= 11 is 0. The first-order valence-electron chi connectivity index (χ1n) is 11.5. The molecule has 1 unspecified atom stereocenters. The van der Waals surface area contributed by atoms with Crippen molar-refractivity contribution in [2.24, 2.45) is 0 Å². The summed E-state index contributed by atoms with van der Waals surface area (Å²) in [6.45, 7) is 5.07. The van der Waals surface area contributed by atoms with Crippen molar-refractivity contribution in [2.45, 2.75) is 51.9 Å². The number of benzene rings is 1. The third-order valence-corrected chi connectivity index (χ3v) is 7.06. The lowest BCUT2D eigenvalue weighted by molar-refractivity contribution is -0.172. The van der Waals surface area contributed by atoms with Crippen molar-refractivity contribution in [1.82, 2.24) is 14.5 Å². The van der Waals surface area contributed by atoms with Gasteiger partial charge in [0.25, 0.3) is 5.56 Å². The first kappa shape index (κ1) is 21.8. The number of aliphatic hydroxyl groups is 1. The summed E-state index contributed by atoms with van der Waals surface area (Å²) in [6, 6.07) is 8.28. The van der Waals surface area contributed by atoms with Gasteiger partial charge in [0.05, 0.1) is 29.0 Å². The van der Waals surface area contributed by atoms with Gasteiger partial charge in [0.2, 0.25) is 0 Å². The maximum absolute atomic E-state index is 13.4. The van der Waals surface area contributed by atoms with Crippen LogP contribution in [0, 0.1) is 0 Å². The first-order valence-corrected chi connectivity index (χ1v) is 11.5. The topological polar surface area (TPSA) is 84.7 Å². The standard InChI is InChI=1S/C26H29N3O4/c1-5-15-7-8-16(9-10-28(3)4)18-11-17-13-29-21(23(17)27-22(15)18)12-20-19(24(29)30)14-33-25(31)26(20,32)6-2/h7-8,11-12,32H,5-6,9-10,13-14H2,1-4H3. The molecule has 3 aromatic rings. The Labute approximate surface area is 192 Å². The summed E-state index contributed by atoms with van der Waals surface area (Å²) in [7, 11) is 4.13. The fourth-order valence-corrected chi connectivity index (χ4v) is 5.03. The summed E-state index contributed by atoms with van der Waals surface area (Å²) in [5.41, 5.74) is 4.40. The van der Waals surface area contributed by atoms with Gasteiger partial charge in [-0.25, -0.2) is 9.78 Å². The molecular weight excluding hydrogens is 418 g/mol. The number of aryl methyl sites for hydroxylation is 1. The molecule has 0 bridgehead atoms. The monoisotopic (exact) mass is 447 g/mol. The fourth-order valence-electron chi connectivity index (χ4n) is 5.03. The van der Waals surface area contributed by atoms with E-state index in [2.05, 4.69) is 44.1 Å². The highest BCUT2D eigenvalue weighted by Gasteiger charge is 2.45. The second-order valence-corrected chi connectivity index (χ2v) is 9.29. The maximum atomic E-state index is 13.4. The van der Waals surface area contributed by atoms with Crippen molar-refractivity contribution >= 4 is 16.9 Å². The van der Waals surface area contributed by atoms with E-state index in [1.54, 1.807) is 17.6 Å². The van der Waals surface area contributed by atoms with Crippen LogP contribution in [0.4, 0.5) is 0 Å². The molecule has 0 saturated carbocycles. The minimum atomic E-state index is -1.81. The number of cyclic esters (lactones) is 1. The number of likely N-dealkylation sites (N-methyl/N-ethyl adjacent to an activating group) is 1. The SMILES string of the molecule is CCc1ccc(CCN(C)C)c2cc3c(nc12)-c1cc2c(c(=O)n1C3)COC(=O)C2(O)CC. The molecule has 4 heterocycles. The van der Waals surface area contributed by atoms with Gasteiger partial charge < -0.3 is 19.3 Å². The van der Waals surface area contributed by atoms with Gasteiger partial charge in [-0.2, -0.15) is 0 Å². The lowest BCUT2D eigenvalue weighted by Gasteiger charge is -2.31. The van der Waals surface area contributed by atoms with Gasteiger partial charge in [0, 0.05) is 23.1 Å². The average molecular weight is 448 g/mol. The van der Waals surface area contributed by atoms with E-state index in [4.69, 9.17) is 9.72 Å². The van der Waals surface area contributed by atoms with Crippen LogP contribution in [-0.4, -0.2) is 46.2 Å². The van der Waals surface area contributed by atoms with Crippen molar-refractivity contribution in [3.8, 4) is 11.4 Å². The predicted molar refractivity (Wildman–Crippen MR) is 126 cm³/mol. The summed E-state index contributed by atoms with van der Waals surface area (Å²) in [5, 5.41) is 12.2. The molecule has 2 aliphatic rings. The van der Waals surface area contributed by atoms with Crippen LogP contribution >= 0.6 is 0 Å². The molecular formula is C26H29N3O4. The van der Waals surface area contributed by atoms with Crippen LogP contribution in [0.25, 0.3) is 22.3 Å². The number of hydrogen-bond acceptors (Lipinski definition) is 6. The van der Waals surface area contributed by atoms with E-state index in [9.17, 15) is 14.7 Å². The quantitative estimate of drug-likeness (QED) is 0.474. The Hall–Kier alpha value is -3.03. The maximum Gasteiger partial charge on any atom is 0.343 e. The normalized spacial score (nSPS) is 18.9. The zero-order chi connectivity index (χ0) is 23.5. The molecule has 172 valence electrons. The van der Waals surface area contributed by atoms with E-state index in [0.29, 0.717) is 23.4 Å². The minimum absolute atomic E-state index is 0.115. The number of carbonyl (C=O) groups excluding carboxylic acids is 1. The Kier molecular flexibility index (Phi) is 5.14. The zero-order valence-electron chi connectivity index (χ0n) is 19.6. The van der Waals surface area contributed by atoms with Crippen LogP contribution in [-0.2, 0) is 41.1 Å². The van der Waals surface area contributed by atoms with Crippen molar-refractivity contribution in [3.63, 3.8) is 0 Å².